The molecule has 1 heterocycles. The van der Waals surface area contributed by atoms with Crippen LogP contribution in [0.15, 0.2) is 12.3 Å². The molecule has 0 unspecified atom stereocenters. The summed E-state index contributed by atoms with van der Waals surface area (Å²) in [5.74, 6) is -0.594. The summed E-state index contributed by atoms with van der Waals surface area (Å²) in [6.45, 7) is -0.582. The van der Waals surface area contributed by atoms with Crippen molar-refractivity contribution in [3.05, 3.63) is 17.8 Å². The molecule has 5 nitrogen and oxygen atoms in total. The number of aromatic nitrogens is 1. The number of methoxy groups -OCH3 is 1. The summed E-state index contributed by atoms with van der Waals surface area (Å²) in [5, 5.41) is 2.34. The van der Waals surface area contributed by atoms with E-state index >= 15 is 0 Å². The quantitative estimate of drug-likeness (QED) is 0.759. The number of alkyl halides is 2. The maximum atomic E-state index is 12.0. The topological polar surface area (TPSA) is 77.2 Å². The minimum absolute atomic E-state index is 0.00463. The SMILES string of the molecule is COC(=O)c1ccnc(NCC(F)F)c1N. The van der Waals surface area contributed by atoms with Crippen LogP contribution in [0.25, 0.3) is 0 Å². The van der Waals surface area contributed by atoms with Crippen LogP contribution in [-0.2, 0) is 4.74 Å². The maximum absolute atomic E-state index is 12.0. The van der Waals surface area contributed by atoms with Crippen molar-refractivity contribution in [2.45, 2.75) is 6.43 Å². The van der Waals surface area contributed by atoms with Gasteiger partial charge in [0.25, 0.3) is 6.43 Å². The molecule has 88 valence electrons. The van der Waals surface area contributed by atoms with Crippen molar-refractivity contribution in [2.24, 2.45) is 0 Å². The number of nitrogens with zero attached hydrogens (tertiary/aromatic N) is 1. The van der Waals surface area contributed by atoms with E-state index in [0.29, 0.717) is 0 Å². The molecule has 1 rings (SSSR count). The summed E-state index contributed by atoms with van der Waals surface area (Å²) in [6, 6.07) is 1.36. The molecule has 7 heteroatoms. The van der Waals surface area contributed by atoms with E-state index in [0.717, 1.165) is 0 Å². The lowest BCUT2D eigenvalue weighted by Crippen LogP contribution is -2.15. The number of nitrogens with one attached hydrogen (secondary N) is 1. The molecule has 1 aromatic heterocycles. The summed E-state index contributed by atoms with van der Waals surface area (Å²) in [5.41, 5.74) is 5.66. The molecule has 0 aliphatic rings. The lowest BCUT2D eigenvalue weighted by atomic mass is 10.2. The Balaban J connectivity index is 2.90. The lowest BCUT2D eigenvalue weighted by molar-refractivity contribution is 0.0602. The van der Waals surface area contributed by atoms with Crippen molar-refractivity contribution in [1.82, 2.24) is 4.98 Å². The van der Waals surface area contributed by atoms with Crippen LogP contribution in [0.5, 0.6) is 0 Å². The number of carbonyl (C=O) groups is 1. The predicted octanol–water partition coefficient (Wildman–Crippen LogP) is 1.13. The van der Waals surface area contributed by atoms with Gasteiger partial charge in [0.1, 0.15) is 5.82 Å². The van der Waals surface area contributed by atoms with E-state index in [-0.39, 0.29) is 17.1 Å². The Kier molecular flexibility index (Phi) is 3.98. The highest BCUT2D eigenvalue weighted by Gasteiger charge is 2.14. The van der Waals surface area contributed by atoms with Crippen molar-refractivity contribution in [1.29, 1.82) is 0 Å². The van der Waals surface area contributed by atoms with E-state index in [1.165, 1.54) is 19.4 Å². The molecule has 0 aromatic carbocycles. The van der Waals surface area contributed by atoms with Gasteiger partial charge in [-0.25, -0.2) is 18.6 Å². The van der Waals surface area contributed by atoms with Crippen LogP contribution in [0, 0.1) is 0 Å². The van der Waals surface area contributed by atoms with E-state index in [9.17, 15) is 13.6 Å². The van der Waals surface area contributed by atoms with Crippen molar-refractivity contribution >= 4 is 17.5 Å². The number of nitrogen functional groups attached to an aromatic ring is 1. The zero-order valence-electron chi connectivity index (χ0n) is 8.54. The van der Waals surface area contributed by atoms with E-state index < -0.39 is 18.9 Å². The predicted molar refractivity (Wildman–Crippen MR) is 54.5 cm³/mol. The van der Waals surface area contributed by atoms with E-state index in [1.807, 2.05) is 0 Å². The Hall–Kier alpha value is -1.92. The van der Waals surface area contributed by atoms with E-state index in [1.54, 1.807) is 0 Å². The first kappa shape index (κ1) is 12.2. The molecule has 0 spiro atoms. The number of ether oxygens (including phenoxy) is 1. The summed E-state index contributed by atoms with van der Waals surface area (Å²) in [4.78, 5) is 15.0. The minimum Gasteiger partial charge on any atom is -0.465 e. The summed E-state index contributed by atoms with van der Waals surface area (Å²) in [7, 11) is 1.20. The Labute approximate surface area is 90.6 Å². The van der Waals surface area contributed by atoms with Gasteiger partial charge in [-0.1, -0.05) is 0 Å². The van der Waals surface area contributed by atoms with Gasteiger partial charge in [-0.3, -0.25) is 0 Å². The maximum Gasteiger partial charge on any atom is 0.340 e. The number of anilines is 2. The highest BCUT2D eigenvalue weighted by atomic mass is 19.3. The average Bonchev–Trinajstić information content (AvgIpc) is 2.26. The van der Waals surface area contributed by atoms with Crippen LogP contribution in [0.3, 0.4) is 0 Å². The second-order valence-corrected chi connectivity index (χ2v) is 2.88. The number of esters is 1. The Morgan fingerprint density at radius 2 is 2.38 bits per heavy atom. The first-order valence-corrected chi connectivity index (χ1v) is 4.41. The van der Waals surface area contributed by atoms with Gasteiger partial charge in [0.15, 0.2) is 0 Å². The van der Waals surface area contributed by atoms with Crippen molar-refractivity contribution in [2.75, 3.05) is 24.7 Å². The number of halogens is 2. The fraction of sp³-hybridized carbons (Fsp3) is 0.333. The second-order valence-electron chi connectivity index (χ2n) is 2.88. The van der Waals surface area contributed by atoms with Crippen LogP contribution in [0.4, 0.5) is 20.3 Å². The van der Waals surface area contributed by atoms with Gasteiger partial charge in [0.2, 0.25) is 0 Å². The standard InChI is InChI=1S/C9H11F2N3O2/c1-16-9(15)5-2-3-13-8(7(5)12)14-4-6(10)11/h2-3,6H,4,12H2,1H3,(H,13,14). The Morgan fingerprint density at radius 1 is 1.69 bits per heavy atom. The number of rotatable bonds is 4. The smallest absolute Gasteiger partial charge is 0.340 e. The fourth-order valence-corrected chi connectivity index (χ4v) is 1.08. The third kappa shape index (κ3) is 2.78. The molecule has 0 aliphatic carbocycles. The van der Waals surface area contributed by atoms with Crippen molar-refractivity contribution < 1.29 is 18.3 Å². The first-order chi connectivity index (χ1) is 7.56. The number of hydrogen-bond acceptors (Lipinski definition) is 5. The summed E-state index contributed by atoms with van der Waals surface area (Å²) >= 11 is 0. The zero-order chi connectivity index (χ0) is 12.1. The Bertz CT molecular complexity index is 385. The normalized spacial score (nSPS) is 10.2. The Morgan fingerprint density at radius 3 is 2.94 bits per heavy atom. The largest absolute Gasteiger partial charge is 0.465 e. The summed E-state index contributed by atoms with van der Waals surface area (Å²) in [6.07, 6.45) is -1.24. The number of hydrogen-bond donors (Lipinski definition) is 2. The molecular formula is C9H11F2N3O2. The van der Waals surface area contributed by atoms with Gasteiger partial charge in [0.05, 0.1) is 24.9 Å². The molecule has 0 aliphatic heterocycles. The number of pyridine rings is 1. The van der Waals surface area contributed by atoms with Gasteiger partial charge < -0.3 is 15.8 Å². The molecule has 0 saturated carbocycles. The van der Waals surface area contributed by atoms with Crippen LogP contribution >= 0.6 is 0 Å². The van der Waals surface area contributed by atoms with Gasteiger partial charge >= 0.3 is 5.97 Å². The van der Waals surface area contributed by atoms with Crippen LogP contribution in [-0.4, -0.2) is 31.0 Å². The molecule has 0 bridgehead atoms. The zero-order valence-corrected chi connectivity index (χ0v) is 8.54. The molecule has 0 fully saturated rings. The van der Waals surface area contributed by atoms with Gasteiger partial charge in [-0.2, -0.15) is 0 Å². The highest BCUT2D eigenvalue weighted by molar-refractivity contribution is 5.97. The minimum atomic E-state index is -2.53. The molecule has 0 amide bonds. The molecule has 1 aromatic rings. The second kappa shape index (κ2) is 5.24. The fourth-order valence-electron chi connectivity index (χ4n) is 1.08. The van der Waals surface area contributed by atoms with Gasteiger partial charge in [0, 0.05) is 6.20 Å². The van der Waals surface area contributed by atoms with E-state index in [4.69, 9.17) is 5.73 Å². The van der Waals surface area contributed by atoms with Gasteiger partial charge in [-0.15, -0.1) is 0 Å². The molecule has 0 saturated heterocycles. The number of carbonyl (C=O) groups excluding carboxylic acids is 1. The molecule has 0 atom stereocenters. The van der Waals surface area contributed by atoms with Crippen LogP contribution in [0.1, 0.15) is 10.4 Å². The van der Waals surface area contributed by atoms with Gasteiger partial charge in [-0.05, 0) is 6.07 Å². The molecule has 16 heavy (non-hydrogen) atoms. The monoisotopic (exact) mass is 231 g/mol. The van der Waals surface area contributed by atoms with E-state index in [2.05, 4.69) is 15.0 Å². The number of nitrogens with two attached hydrogens (primary N) is 1. The van der Waals surface area contributed by atoms with Crippen LogP contribution in [0.2, 0.25) is 0 Å². The third-order valence-corrected chi connectivity index (χ3v) is 1.82. The molecule has 0 radical (unpaired) electrons. The van der Waals surface area contributed by atoms with Crippen LogP contribution < -0.4 is 11.1 Å². The van der Waals surface area contributed by atoms with Crippen molar-refractivity contribution in [3.8, 4) is 0 Å². The average molecular weight is 231 g/mol. The lowest BCUT2D eigenvalue weighted by Gasteiger charge is -2.10. The highest BCUT2D eigenvalue weighted by Crippen LogP contribution is 2.20. The summed E-state index contributed by atoms with van der Waals surface area (Å²) < 4.78 is 28.4. The molecular weight excluding hydrogens is 220 g/mol. The molecule has 3 N–H and O–H groups in total. The van der Waals surface area contributed by atoms with Crippen molar-refractivity contribution in [3.63, 3.8) is 0 Å². The third-order valence-electron chi connectivity index (χ3n) is 1.82. The first-order valence-electron chi connectivity index (χ1n) is 4.41.